The molecule has 3 fully saturated rings. The normalized spacial score (nSPS) is 26.4. The number of rotatable bonds is 7. The van der Waals surface area contributed by atoms with Crippen molar-refractivity contribution in [1.82, 2.24) is 0 Å². The van der Waals surface area contributed by atoms with E-state index in [1.54, 1.807) is 13.2 Å². The first kappa shape index (κ1) is 22.9. The first-order valence-electron chi connectivity index (χ1n) is 11.0. The largest absolute Gasteiger partial charge is 0.412 e. The summed E-state index contributed by atoms with van der Waals surface area (Å²) in [6.45, 7) is 5.81. The third kappa shape index (κ3) is 3.36. The van der Waals surface area contributed by atoms with Crippen molar-refractivity contribution < 1.29 is 32.7 Å². The van der Waals surface area contributed by atoms with E-state index in [0.717, 1.165) is 67.3 Å². The molecule has 0 aliphatic carbocycles. The van der Waals surface area contributed by atoms with E-state index in [9.17, 15) is 5.11 Å². The van der Waals surface area contributed by atoms with Crippen LogP contribution in [0.2, 0.25) is 6.04 Å². The quantitative estimate of drug-likeness (QED) is 0.387. The molecular formula is C23H32N2O6Si. The molecule has 3 N–H and O–H groups in total. The van der Waals surface area contributed by atoms with Crippen molar-refractivity contribution in [2.45, 2.75) is 12.5 Å². The molecule has 0 aromatic heterocycles. The number of nitrogens with zero attached hydrogens (tertiary/aromatic N) is 2. The summed E-state index contributed by atoms with van der Waals surface area (Å²) in [4.78, 5) is 4.93. The molecule has 3 heterocycles. The van der Waals surface area contributed by atoms with Crippen molar-refractivity contribution in [3.63, 3.8) is 0 Å². The fourth-order valence-corrected chi connectivity index (χ4v) is 11.3. The van der Waals surface area contributed by atoms with Gasteiger partial charge in [0.15, 0.2) is 0 Å². The molecule has 3 saturated heterocycles. The zero-order valence-electron chi connectivity index (χ0n) is 18.5. The van der Waals surface area contributed by atoms with Gasteiger partial charge in [0.2, 0.25) is 0 Å². The topological polar surface area (TPSA) is 101 Å². The number of quaternary nitrogens is 1. The zero-order valence-corrected chi connectivity index (χ0v) is 19.5. The van der Waals surface area contributed by atoms with Gasteiger partial charge in [-0.3, -0.25) is 0 Å². The van der Waals surface area contributed by atoms with E-state index in [4.69, 9.17) is 23.0 Å². The van der Waals surface area contributed by atoms with Crippen LogP contribution in [0.1, 0.15) is 17.5 Å². The summed E-state index contributed by atoms with van der Waals surface area (Å²) in [5.74, 6) is 0.769. The van der Waals surface area contributed by atoms with E-state index >= 15 is 0 Å². The van der Waals surface area contributed by atoms with E-state index in [-0.39, 0.29) is 11.2 Å². The second kappa shape index (κ2) is 8.58. The van der Waals surface area contributed by atoms with E-state index < -0.39 is 8.24 Å². The van der Waals surface area contributed by atoms with Gasteiger partial charge in [0, 0.05) is 0 Å². The summed E-state index contributed by atoms with van der Waals surface area (Å²) in [5, 5.41) is 10.6. The standard InChI is InChI=1S/C23H30N2O5Si.H2O/c1-27-20-8-9-21(22(26)18-20)23(19-6-3-2-4-7-19)24-10-5-17-31-25(11-14-28-31,12-15-29-31)13-16-30-31;/h2-4,6-9,18,26H,5,10-17H2,1H3;1H2. The minimum Gasteiger partial charge on any atom is -0.412 e. The molecule has 2 aromatic rings. The van der Waals surface area contributed by atoms with Crippen molar-refractivity contribution in [3.8, 4) is 11.5 Å². The molecule has 0 unspecified atom stereocenters. The van der Waals surface area contributed by atoms with Gasteiger partial charge in [0.1, 0.15) is 0 Å². The first-order valence-corrected chi connectivity index (χ1v) is 13.4. The number of aromatic hydroxyl groups is 1. The smallest absolute Gasteiger partial charge is 0.412 e. The fourth-order valence-electron chi connectivity index (χ4n) is 5.57. The minimum absolute atomic E-state index is 0. The van der Waals surface area contributed by atoms with E-state index in [2.05, 4.69) is 0 Å². The van der Waals surface area contributed by atoms with Crippen LogP contribution in [-0.4, -0.2) is 81.8 Å². The molecule has 0 spiro atoms. The van der Waals surface area contributed by atoms with Gasteiger partial charge >= 0.3 is 183 Å². The van der Waals surface area contributed by atoms with Crippen LogP contribution in [-0.2, 0) is 13.3 Å². The Bertz CT molecular complexity index is 967. The van der Waals surface area contributed by atoms with Crippen LogP contribution in [0.5, 0.6) is 11.5 Å². The van der Waals surface area contributed by atoms with Crippen LogP contribution < -0.4 is 4.74 Å². The van der Waals surface area contributed by atoms with Crippen LogP contribution >= 0.6 is 0 Å². The minimum atomic E-state index is -3.38. The summed E-state index contributed by atoms with van der Waals surface area (Å²) in [7, 11) is -1.79. The van der Waals surface area contributed by atoms with E-state index in [1.807, 2.05) is 42.5 Å². The summed E-state index contributed by atoms with van der Waals surface area (Å²) >= 11 is 0. The Morgan fingerprint density at radius 3 is 2.28 bits per heavy atom. The average molecular weight is 461 g/mol. The van der Waals surface area contributed by atoms with Gasteiger partial charge in [-0.1, -0.05) is 0 Å². The number of hydrogen-bond acceptors (Lipinski definition) is 6. The van der Waals surface area contributed by atoms with Crippen molar-refractivity contribution in [2.24, 2.45) is 4.99 Å². The number of methoxy groups -OCH3 is 1. The fraction of sp³-hybridized carbons (Fsp3) is 0.435. The van der Waals surface area contributed by atoms with Gasteiger partial charge in [-0.25, -0.2) is 0 Å². The molecule has 0 atom stereocenters. The predicted octanol–water partition coefficient (Wildman–Crippen LogP) is 2.10. The van der Waals surface area contributed by atoms with Crippen molar-refractivity contribution in [3.05, 3.63) is 59.7 Å². The molecule has 0 bridgehead atoms. The van der Waals surface area contributed by atoms with Gasteiger partial charge in [-0.2, -0.15) is 0 Å². The maximum absolute atomic E-state index is 10.6. The third-order valence-electron chi connectivity index (χ3n) is 7.16. The molecule has 3 aliphatic rings. The summed E-state index contributed by atoms with van der Waals surface area (Å²) in [6.07, 6.45) is 0.820. The number of phenols is 1. The Morgan fingerprint density at radius 2 is 1.69 bits per heavy atom. The second-order valence-electron chi connectivity index (χ2n) is 8.56. The molecule has 174 valence electrons. The van der Waals surface area contributed by atoms with Gasteiger partial charge in [-0.15, -0.1) is 0 Å². The Morgan fingerprint density at radius 1 is 1.03 bits per heavy atom. The molecule has 32 heavy (non-hydrogen) atoms. The maximum atomic E-state index is 10.6. The van der Waals surface area contributed by atoms with Crippen LogP contribution in [0.25, 0.3) is 0 Å². The van der Waals surface area contributed by atoms with Gasteiger partial charge in [-0.05, 0) is 0 Å². The molecule has 8 nitrogen and oxygen atoms in total. The first-order chi connectivity index (χ1) is 15.1. The van der Waals surface area contributed by atoms with Crippen molar-refractivity contribution in [2.75, 3.05) is 53.1 Å². The summed E-state index contributed by atoms with van der Waals surface area (Å²) in [5.41, 5.74) is 2.43. The van der Waals surface area contributed by atoms with Crippen molar-refractivity contribution >= 4 is 14.0 Å². The Hall–Kier alpha value is -2.27. The molecule has 0 saturated carbocycles. The van der Waals surface area contributed by atoms with E-state index in [0.29, 0.717) is 17.9 Å². The number of phenolic OH excluding ortho intramolecular Hbond substituents is 1. The Labute approximate surface area is 188 Å². The summed E-state index contributed by atoms with van der Waals surface area (Å²) in [6, 6.07) is 16.1. The van der Waals surface area contributed by atoms with Gasteiger partial charge in [0.05, 0.1) is 0 Å². The predicted molar refractivity (Wildman–Crippen MR) is 123 cm³/mol. The van der Waals surface area contributed by atoms with Crippen LogP contribution in [0, 0.1) is 0 Å². The zero-order chi connectivity index (χ0) is 21.4. The number of hydrogen-bond donors (Lipinski definition) is 1. The molecular weight excluding hydrogens is 428 g/mol. The third-order valence-corrected chi connectivity index (χ3v) is 13.2. The van der Waals surface area contributed by atoms with Gasteiger partial charge < -0.3 is 5.48 Å². The monoisotopic (exact) mass is 460 g/mol. The number of benzene rings is 2. The molecule has 3 aliphatic heterocycles. The molecule has 2 aromatic carbocycles. The SMILES string of the molecule is COc1ccc(C(=NCCC[Si-]234OCC[N+]2(CCO3)CCO4)c2ccccc2)c(O)c1.O. The van der Waals surface area contributed by atoms with Gasteiger partial charge in [0.25, 0.3) is 0 Å². The molecule has 9 heteroatoms. The molecule has 0 radical (unpaired) electrons. The molecule has 5 rings (SSSR count). The number of ether oxygens (including phenoxy) is 1. The van der Waals surface area contributed by atoms with Crippen LogP contribution in [0.15, 0.2) is 53.5 Å². The summed E-state index contributed by atoms with van der Waals surface area (Å²) < 4.78 is 25.2. The van der Waals surface area contributed by atoms with Crippen LogP contribution in [0.4, 0.5) is 0 Å². The van der Waals surface area contributed by atoms with Crippen molar-refractivity contribution in [1.29, 1.82) is 0 Å². The Kier molecular flexibility index (Phi) is 6.14. The van der Waals surface area contributed by atoms with Crippen LogP contribution in [0.3, 0.4) is 0 Å². The molecule has 0 amide bonds. The maximum Gasteiger partial charge on any atom is -0.412 e. The van der Waals surface area contributed by atoms with E-state index in [1.165, 1.54) is 0 Å². The number of aliphatic imine (C=N–C) groups is 1. The second-order valence-corrected chi connectivity index (χ2v) is 13.1. The average Bonchev–Trinajstić information content (AvgIpc) is 3.35. The Balaban J connectivity index is 0.00000245.